The predicted octanol–water partition coefficient (Wildman–Crippen LogP) is 3.27. The molecule has 0 aliphatic carbocycles. The van der Waals surface area contributed by atoms with Gasteiger partial charge in [0.15, 0.2) is 0 Å². The van der Waals surface area contributed by atoms with Crippen LogP contribution >= 0.6 is 0 Å². The molecule has 0 aromatic heterocycles. The zero-order chi connectivity index (χ0) is 13.2. The van der Waals surface area contributed by atoms with Crippen molar-refractivity contribution in [2.24, 2.45) is 0 Å². The van der Waals surface area contributed by atoms with Gasteiger partial charge in [-0.05, 0) is 38.8 Å². The molecule has 94 valence electrons. The first kappa shape index (κ1) is 13.6. The van der Waals surface area contributed by atoms with Crippen molar-refractivity contribution in [3.8, 4) is 0 Å². The monoisotopic (exact) mass is 242 g/mol. The van der Waals surface area contributed by atoms with E-state index in [0.717, 1.165) is 5.56 Å². The van der Waals surface area contributed by atoms with E-state index in [9.17, 15) is 13.6 Å². The van der Waals surface area contributed by atoms with Gasteiger partial charge in [0, 0.05) is 5.56 Å². The summed E-state index contributed by atoms with van der Waals surface area (Å²) in [5.74, 6) is -5.08. The minimum Gasteiger partial charge on any atom is -0.461 e. The SMILES string of the molecule is CCOC(=O)C(F)(F)c1c(C)cc(C)cc1C. The molecule has 0 saturated heterocycles. The van der Waals surface area contributed by atoms with Gasteiger partial charge in [-0.1, -0.05) is 17.7 Å². The van der Waals surface area contributed by atoms with E-state index >= 15 is 0 Å². The highest BCUT2D eigenvalue weighted by Crippen LogP contribution is 2.34. The second kappa shape index (κ2) is 4.82. The zero-order valence-electron chi connectivity index (χ0n) is 10.4. The van der Waals surface area contributed by atoms with Gasteiger partial charge >= 0.3 is 11.9 Å². The van der Waals surface area contributed by atoms with Crippen molar-refractivity contribution in [3.05, 3.63) is 34.4 Å². The Hall–Kier alpha value is -1.45. The molecule has 17 heavy (non-hydrogen) atoms. The molecule has 0 bridgehead atoms. The summed E-state index contributed by atoms with van der Waals surface area (Å²) < 4.78 is 32.2. The Morgan fingerprint density at radius 3 is 2.12 bits per heavy atom. The van der Waals surface area contributed by atoms with Crippen LogP contribution in [0, 0.1) is 20.8 Å². The molecule has 0 saturated carbocycles. The van der Waals surface area contributed by atoms with Crippen molar-refractivity contribution in [1.82, 2.24) is 0 Å². The smallest absolute Gasteiger partial charge is 0.382 e. The molecule has 0 aliphatic rings. The summed E-state index contributed by atoms with van der Waals surface area (Å²) >= 11 is 0. The number of esters is 1. The number of carbonyl (C=O) groups excluding carboxylic acids is 1. The fraction of sp³-hybridized carbons (Fsp3) is 0.462. The van der Waals surface area contributed by atoms with Crippen molar-refractivity contribution in [2.75, 3.05) is 6.61 Å². The highest BCUT2D eigenvalue weighted by atomic mass is 19.3. The lowest BCUT2D eigenvalue weighted by Gasteiger charge is -2.19. The lowest BCUT2D eigenvalue weighted by atomic mass is 9.95. The van der Waals surface area contributed by atoms with Crippen LogP contribution in [0.15, 0.2) is 12.1 Å². The molecule has 2 nitrogen and oxygen atoms in total. The van der Waals surface area contributed by atoms with Crippen molar-refractivity contribution >= 4 is 5.97 Å². The van der Waals surface area contributed by atoms with E-state index < -0.39 is 11.9 Å². The molecule has 4 heteroatoms. The van der Waals surface area contributed by atoms with Crippen molar-refractivity contribution in [3.63, 3.8) is 0 Å². The van der Waals surface area contributed by atoms with Crippen molar-refractivity contribution < 1.29 is 18.3 Å². The molecule has 0 heterocycles. The highest BCUT2D eigenvalue weighted by Gasteiger charge is 2.44. The van der Waals surface area contributed by atoms with Crippen molar-refractivity contribution in [2.45, 2.75) is 33.6 Å². The summed E-state index contributed by atoms with van der Waals surface area (Å²) in [6.07, 6.45) is 0. The van der Waals surface area contributed by atoms with E-state index in [4.69, 9.17) is 0 Å². The maximum atomic E-state index is 13.9. The lowest BCUT2D eigenvalue weighted by molar-refractivity contribution is -0.173. The largest absolute Gasteiger partial charge is 0.461 e. The molecular weight excluding hydrogens is 226 g/mol. The van der Waals surface area contributed by atoms with Gasteiger partial charge in [-0.25, -0.2) is 4.79 Å². The van der Waals surface area contributed by atoms with E-state index in [1.165, 1.54) is 6.92 Å². The second-order valence-corrected chi connectivity index (χ2v) is 4.07. The van der Waals surface area contributed by atoms with E-state index in [1.54, 1.807) is 26.0 Å². The molecule has 0 radical (unpaired) electrons. The molecular formula is C13H16F2O2. The first-order valence-corrected chi connectivity index (χ1v) is 5.44. The molecule has 0 atom stereocenters. The van der Waals surface area contributed by atoms with Crippen LogP contribution in [0.2, 0.25) is 0 Å². The van der Waals surface area contributed by atoms with E-state index in [0.29, 0.717) is 11.1 Å². The van der Waals surface area contributed by atoms with Crippen LogP contribution in [0.25, 0.3) is 0 Å². The normalized spacial score (nSPS) is 11.4. The Labute approximate surface area is 99.6 Å². The summed E-state index contributed by atoms with van der Waals surface area (Å²) in [6, 6.07) is 3.27. The molecule has 0 spiro atoms. The molecule has 1 aromatic rings. The van der Waals surface area contributed by atoms with Crippen LogP contribution in [0.3, 0.4) is 0 Å². The van der Waals surface area contributed by atoms with Gasteiger partial charge in [0.2, 0.25) is 0 Å². The van der Waals surface area contributed by atoms with Crippen LogP contribution in [0.1, 0.15) is 29.2 Å². The average Bonchev–Trinajstić information content (AvgIpc) is 2.15. The summed E-state index contributed by atoms with van der Waals surface area (Å²) in [5, 5.41) is 0. The van der Waals surface area contributed by atoms with Gasteiger partial charge in [-0.2, -0.15) is 8.78 Å². The van der Waals surface area contributed by atoms with Gasteiger partial charge in [0.05, 0.1) is 6.61 Å². The van der Waals surface area contributed by atoms with E-state index in [-0.39, 0.29) is 12.2 Å². The summed E-state index contributed by atoms with van der Waals surface area (Å²) in [4.78, 5) is 11.3. The van der Waals surface area contributed by atoms with Gasteiger partial charge in [-0.3, -0.25) is 0 Å². The summed E-state index contributed by atoms with van der Waals surface area (Å²) in [5.41, 5.74) is 1.45. The van der Waals surface area contributed by atoms with Crippen LogP contribution < -0.4 is 0 Å². The Bertz CT molecular complexity index is 416. The van der Waals surface area contributed by atoms with E-state index in [2.05, 4.69) is 4.74 Å². The Morgan fingerprint density at radius 1 is 1.24 bits per heavy atom. The number of carbonyl (C=O) groups is 1. The fourth-order valence-corrected chi connectivity index (χ4v) is 2.00. The number of aryl methyl sites for hydroxylation is 3. The third-order valence-electron chi connectivity index (χ3n) is 2.52. The zero-order valence-corrected chi connectivity index (χ0v) is 10.4. The molecule has 0 fully saturated rings. The number of ether oxygens (including phenoxy) is 1. The Morgan fingerprint density at radius 2 is 1.71 bits per heavy atom. The van der Waals surface area contributed by atoms with Crippen LogP contribution in [0.5, 0.6) is 0 Å². The Balaban J connectivity index is 3.28. The maximum absolute atomic E-state index is 13.9. The summed E-state index contributed by atoms with van der Waals surface area (Å²) in [7, 11) is 0. The summed E-state index contributed by atoms with van der Waals surface area (Å²) in [6.45, 7) is 6.42. The number of rotatable bonds is 3. The van der Waals surface area contributed by atoms with Crippen molar-refractivity contribution in [1.29, 1.82) is 0 Å². The fourth-order valence-electron chi connectivity index (χ4n) is 2.00. The first-order chi connectivity index (χ1) is 7.80. The quantitative estimate of drug-likeness (QED) is 0.760. The minimum atomic E-state index is -3.59. The van der Waals surface area contributed by atoms with E-state index in [1.807, 2.05) is 6.92 Å². The number of halogens is 2. The number of benzene rings is 1. The lowest BCUT2D eigenvalue weighted by Crippen LogP contribution is -2.30. The van der Waals surface area contributed by atoms with Gasteiger partial charge < -0.3 is 4.74 Å². The van der Waals surface area contributed by atoms with Crippen LogP contribution in [-0.4, -0.2) is 12.6 Å². The molecule has 0 amide bonds. The minimum absolute atomic E-state index is 0.0572. The average molecular weight is 242 g/mol. The molecule has 0 unspecified atom stereocenters. The number of hydrogen-bond acceptors (Lipinski definition) is 2. The van der Waals surface area contributed by atoms with Crippen LogP contribution in [0.4, 0.5) is 8.78 Å². The molecule has 1 rings (SSSR count). The third kappa shape index (κ3) is 2.62. The van der Waals surface area contributed by atoms with Gasteiger partial charge in [0.1, 0.15) is 0 Å². The Kier molecular flexibility index (Phi) is 3.86. The third-order valence-corrected chi connectivity index (χ3v) is 2.52. The topological polar surface area (TPSA) is 26.3 Å². The molecule has 0 aliphatic heterocycles. The molecule has 0 N–H and O–H groups in total. The van der Waals surface area contributed by atoms with Gasteiger partial charge in [0.25, 0.3) is 0 Å². The second-order valence-electron chi connectivity index (χ2n) is 4.07. The number of hydrogen-bond donors (Lipinski definition) is 0. The predicted molar refractivity (Wildman–Crippen MR) is 61.2 cm³/mol. The van der Waals surface area contributed by atoms with Gasteiger partial charge in [-0.15, -0.1) is 0 Å². The first-order valence-electron chi connectivity index (χ1n) is 5.44. The highest BCUT2D eigenvalue weighted by molar-refractivity contribution is 5.80. The molecule has 1 aromatic carbocycles. The standard InChI is InChI=1S/C13H16F2O2/c1-5-17-12(16)13(14,15)11-9(3)6-8(2)7-10(11)4/h6-7H,5H2,1-4H3. The number of alkyl halides is 2. The maximum Gasteiger partial charge on any atom is 0.382 e. The van der Waals surface area contributed by atoms with Crippen LogP contribution in [-0.2, 0) is 15.5 Å².